The first kappa shape index (κ1) is 13.2. The number of sulfonamides is 1. The lowest BCUT2D eigenvalue weighted by Crippen LogP contribution is -2.61. The van der Waals surface area contributed by atoms with Crippen molar-refractivity contribution in [3.63, 3.8) is 0 Å². The zero-order valence-corrected chi connectivity index (χ0v) is 12.3. The van der Waals surface area contributed by atoms with Crippen LogP contribution in [0.5, 0.6) is 0 Å². The summed E-state index contributed by atoms with van der Waals surface area (Å²) in [6.07, 6.45) is 0. The minimum atomic E-state index is -3.51. The first-order valence-electron chi connectivity index (χ1n) is 5.78. The molecule has 2 aliphatic rings. The SMILES string of the molecule is O=C1NCCN1C1CN(S(=O)(=O)c2sccc2Cl)C1. The number of hydrogen-bond donors (Lipinski definition) is 1. The van der Waals surface area contributed by atoms with E-state index in [9.17, 15) is 13.2 Å². The van der Waals surface area contributed by atoms with Gasteiger partial charge in [0.15, 0.2) is 4.21 Å². The van der Waals surface area contributed by atoms with E-state index in [1.807, 2.05) is 0 Å². The van der Waals surface area contributed by atoms with Crippen molar-refractivity contribution in [3.8, 4) is 0 Å². The van der Waals surface area contributed by atoms with Crippen LogP contribution >= 0.6 is 22.9 Å². The number of carbonyl (C=O) groups excluding carboxylic acids is 1. The molecule has 1 aromatic rings. The van der Waals surface area contributed by atoms with E-state index >= 15 is 0 Å². The molecule has 0 aliphatic carbocycles. The van der Waals surface area contributed by atoms with Crippen LogP contribution in [0.4, 0.5) is 4.79 Å². The van der Waals surface area contributed by atoms with E-state index in [-0.39, 0.29) is 21.3 Å². The fraction of sp³-hybridized carbons (Fsp3) is 0.500. The minimum absolute atomic E-state index is 0.0315. The van der Waals surface area contributed by atoms with Crippen molar-refractivity contribution < 1.29 is 13.2 Å². The van der Waals surface area contributed by atoms with Crippen LogP contribution in [-0.2, 0) is 10.0 Å². The van der Waals surface area contributed by atoms with Gasteiger partial charge in [0.05, 0.1) is 11.1 Å². The molecule has 104 valence electrons. The summed E-state index contributed by atoms with van der Waals surface area (Å²) >= 11 is 6.98. The Hall–Kier alpha value is -0.830. The number of carbonyl (C=O) groups is 1. The molecule has 0 bridgehead atoms. The molecule has 2 aliphatic heterocycles. The highest BCUT2D eigenvalue weighted by Crippen LogP contribution is 2.33. The van der Waals surface area contributed by atoms with E-state index in [0.717, 1.165) is 11.3 Å². The molecule has 3 rings (SSSR count). The maximum atomic E-state index is 12.3. The van der Waals surface area contributed by atoms with Gasteiger partial charge in [-0.1, -0.05) is 11.6 Å². The topological polar surface area (TPSA) is 69.7 Å². The number of nitrogens with one attached hydrogen (secondary N) is 1. The summed E-state index contributed by atoms with van der Waals surface area (Å²) < 4.78 is 26.1. The Balaban J connectivity index is 1.70. The molecule has 9 heteroatoms. The largest absolute Gasteiger partial charge is 0.336 e. The molecule has 2 saturated heterocycles. The van der Waals surface area contributed by atoms with E-state index in [1.165, 1.54) is 4.31 Å². The maximum absolute atomic E-state index is 12.3. The third-order valence-corrected chi connectivity index (χ3v) is 7.15. The quantitative estimate of drug-likeness (QED) is 0.895. The number of urea groups is 1. The first-order chi connectivity index (χ1) is 9.00. The summed E-state index contributed by atoms with van der Waals surface area (Å²) in [4.78, 5) is 13.2. The van der Waals surface area contributed by atoms with Crippen LogP contribution < -0.4 is 5.32 Å². The molecule has 0 unspecified atom stereocenters. The van der Waals surface area contributed by atoms with Crippen molar-refractivity contribution in [3.05, 3.63) is 16.5 Å². The highest BCUT2D eigenvalue weighted by atomic mass is 35.5. The monoisotopic (exact) mass is 321 g/mol. The summed E-state index contributed by atoms with van der Waals surface area (Å²) in [6.45, 7) is 1.93. The van der Waals surface area contributed by atoms with E-state index in [4.69, 9.17) is 11.6 Å². The van der Waals surface area contributed by atoms with E-state index in [2.05, 4.69) is 5.32 Å². The van der Waals surface area contributed by atoms with E-state index in [0.29, 0.717) is 26.2 Å². The Kier molecular flexibility index (Phi) is 3.20. The van der Waals surface area contributed by atoms with Gasteiger partial charge < -0.3 is 10.2 Å². The lowest BCUT2D eigenvalue weighted by molar-refractivity contribution is 0.124. The number of halogens is 1. The zero-order chi connectivity index (χ0) is 13.6. The van der Waals surface area contributed by atoms with Crippen LogP contribution in [-0.4, -0.2) is 55.9 Å². The van der Waals surface area contributed by atoms with Crippen LogP contribution in [0, 0.1) is 0 Å². The summed E-state index contributed by atoms with van der Waals surface area (Å²) in [5, 5.41) is 4.62. The Morgan fingerprint density at radius 1 is 1.42 bits per heavy atom. The predicted octanol–water partition coefficient (Wildman–Crippen LogP) is 0.800. The smallest absolute Gasteiger partial charge is 0.317 e. The van der Waals surface area contributed by atoms with Gasteiger partial charge in [-0.25, -0.2) is 13.2 Å². The van der Waals surface area contributed by atoms with Gasteiger partial charge in [0.1, 0.15) is 0 Å². The number of hydrogen-bond acceptors (Lipinski definition) is 4. The van der Waals surface area contributed by atoms with Gasteiger partial charge in [-0.05, 0) is 11.4 Å². The van der Waals surface area contributed by atoms with Crippen molar-refractivity contribution in [1.82, 2.24) is 14.5 Å². The van der Waals surface area contributed by atoms with Gasteiger partial charge in [-0.3, -0.25) is 0 Å². The second kappa shape index (κ2) is 4.62. The number of rotatable bonds is 3. The summed E-state index contributed by atoms with van der Waals surface area (Å²) in [7, 11) is -3.51. The lowest BCUT2D eigenvalue weighted by Gasteiger charge is -2.42. The molecule has 0 atom stereocenters. The second-order valence-electron chi connectivity index (χ2n) is 4.46. The molecular formula is C10H12ClN3O3S2. The highest BCUT2D eigenvalue weighted by Gasteiger charge is 2.43. The molecule has 1 aromatic heterocycles. The van der Waals surface area contributed by atoms with Crippen LogP contribution in [0.25, 0.3) is 0 Å². The Labute approximate surface area is 120 Å². The van der Waals surface area contributed by atoms with Gasteiger partial charge in [-0.15, -0.1) is 11.3 Å². The molecule has 2 fully saturated rings. The average Bonchev–Trinajstić information content (AvgIpc) is 2.86. The summed E-state index contributed by atoms with van der Waals surface area (Å²) in [6, 6.07) is 1.43. The molecule has 0 radical (unpaired) electrons. The summed E-state index contributed by atoms with van der Waals surface area (Å²) in [5.74, 6) is 0. The van der Waals surface area contributed by atoms with Crippen molar-refractivity contribution in [2.45, 2.75) is 10.3 Å². The van der Waals surface area contributed by atoms with Crippen molar-refractivity contribution >= 4 is 39.0 Å². The predicted molar refractivity (Wildman–Crippen MR) is 72.0 cm³/mol. The minimum Gasteiger partial charge on any atom is -0.336 e. The van der Waals surface area contributed by atoms with Gasteiger partial charge in [-0.2, -0.15) is 4.31 Å². The normalized spacial score (nSPS) is 21.5. The number of amides is 2. The van der Waals surface area contributed by atoms with Crippen LogP contribution in [0.15, 0.2) is 15.7 Å². The number of nitrogens with zero attached hydrogens (tertiary/aromatic N) is 2. The molecule has 6 nitrogen and oxygen atoms in total. The van der Waals surface area contributed by atoms with Crippen LogP contribution in [0.2, 0.25) is 5.02 Å². The second-order valence-corrected chi connectivity index (χ2v) is 7.91. The molecule has 0 spiro atoms. The average molecular weight is 322 g/mol. The van der Waals surface area contributed by atoms with E-state index < -0.39 is 10.0 Å². The van der Waals surface area contributed by atoms with E-state index in [1.54, 1.807) is 16.3 Å². The van der Waals surface area contributed by atoms with Gasteiger partial charge in [0.25, 0.3) is 10.0 Å². The molecular weight excluding hydrogens is 310 g/mol. The standard InChI is InChI=1S/C10H12ClN3O3S2/c11-8-1-4-18-9(8)19(16,17)13-5-7(6-13)14-3-2-12-10(14)15/h1,4,7H,2-3,5-6H2,(H,12,15). The summed E-state index contributed by atoms with van der Waals surface area (Å²) in [5.41, 5.74) is 0. The van der Waals surface area contributed by atoms with Crippen molar-refractivity contribution in [2.75, 3.05) is 26.2 Å². The Bertz CT molecular complexity index is 609. The molecule has 0 aromatic carbocycles. The zero-order valence-electron chi connectivity index (χ0n) is 9.87. The van der Waals surface area contributed by atoms with Gasteiger partial charge in [0.2, 0.25) is 0 Å². The Morgan fingerprint density at radius 3 is 2.68 bits per heavy atom. The Morgan fingerprint density at radius 2 is 2.16 bits per heavy atom. The maximum Gasteiger partial charge on any atom is 0.317 e. The van der Waals surface area contributed by atoms with Crippen molar-refractivity contribution in [1.29, 1.82) is 0 Å². The highest BCUT2D eigenvalue weighted by molar-refractivity contribution is 7.91. The van der Waals surface area contributed by atoms with Gasteiger partial charge >= 0.3 is 6.03 Å². The van der Waals surface area contributed by atoms with Gasteiger partial charge in [0, 0.05) is 26.2 Å². The fourth-order valence-electron chi connectivity index (χ4n) is 2.23. The molecule has 19 heavy (non-hydrogen) atoms. The molecule has 3 heterocycles. The van der Waals surface area contributed by atoms with Crippen molar-refractivity contribution in [2.24, 2.45) is 0 Å². The van der Waals surface area contributed by atoms with Crippen LogP contribution in [0.3, 0.4) is 0 Å². The first-order valence-corrected chi connectivity index (χ1v) is 8.47. The molecule has 1 N–H and O–H groups in total. The van der Waals surface area contributed by atoms with Crippen LogP contribution in [0.1, 0.15) is 0 Å². The fourth-order valence-corrected chi connectivity index (χ4v) is 5.55. The lowest BCUT2D eigenvalue weighted by atomic mass is 10.1. The molecule has 2 amide bonds. The number of thiophene rings is 1. The third-order valence-electron chi connectivity index (χ3n) is 3.32. The third kappa shape index (κ3) is 2.12. The molecule has 0 saturated carbocycles.